The van der Waals surface area contributed by atoms with Crippen LogP contribution in [0.1, 0.15) is 19.8 Å². The van der Waals surface area contributed by atoms with E-state index in [4.69, 9.17) is 10.8 Å². The Morgan fingerprint density at radius 3 is 2.50 bits per heavy atom. The molecule has 4 nitrogen and oxygen atoms in total. The quantitative estimate of drug-likeness (QED) is 0.384. The first kappa shape index (κ1) is 9.84. The van der Waals surface area contributed by atoms with Crippen molar-refractivity contribution in [1.29, 1.82) is 0 Å². The van der Waals surface area contributed by atoms with Crippen molar-refractivity contribution in [1.82, 2.24) is 5.32 Å². The predicted molar refractivity (Wildman–Crippen MR) is 39.1 cm³/mol. The van der Waals surface area contributed by atoms with Crippen LogP contribution in [0.3, 0.4) is 0 Å². The number of aliphatic hydroxyl groups is 2. The van der Waals surface area contributed by atoms with Crippen LogP contribution in [0.5, 0.6) is 0 Å². The van der Waals surface area contributed by atoms with Gasteiger partial charge in [-0.2, -0.15) is 0 Å². The Kier molecular flexibility index (Phi) is 3.81. The van der Waals surface area contributed by atoms with E-state index in [-0.39, 0.29) is 0 Å². The molecule has 0 bridgehead atoms. The van der Waals surface area contributed by atoms with E-state index in [0.29, 0.717) is 12.8 Å². The average Bonchev–Trinajstić information content (AvgIpc) is 1.85. The Hall–Kier alpha value is -0.160. The van der Waals surface area contributed by atoms with Crippen molar-refractivity contribution < 1.29 is 10.2 Å². The Morgan fingerprint density at radius 2 is 2.20 bits per heavy atom. The zero-order valence-electron chi connectivity index (χ0n) is 6.46. The molecule has 0 aliphatic rings. The first-order valence-corrected chi connectivity index (χ1v) is 3.33. The minimum atomic E-state index is -0.916. The maximum absolute atomic E-state index is 9.29. The van der Waals surface area contributed by atoms with Crippen molar-refractivity contribution >= 4 is 0 Å². The van der Waals surface area contributed by atoms with E-state index in [1.54, 1.807) is 14.0 Å². The minimum Gasteiger partial charge on any atom is -0.379 e. The van der Waals surface area contributed by atoms with Gasteiger partial charge in [0.25, 0.3) is 0 Å². The van der Waals surface area contributed by atoms with Gasteiger partial charge < -0.3 is 15.9 Å². The van der Waals surface area contributed by atoms with Gasteiger partial charge in [0.2, 0.25) is 0 Å². The van der Waals surface area contributed by atoms with Gasteiger partial charge in [-0.1, -0.05) is 0 Å². The molecule has 10 heavy (non-hydrogen) atoms. The first-order valence-electron chi connectivity index (χ1n) is 3.33. The van der Waals surface area contributed by atoms with Crippen molar-refractivity contribution in [2.75, 3.05) is 7.05 Å². The van der Waals surface area contributed by atoms with Gasteiger partial charge in [0, 0.05) is 0 Å². The lowest BCUT2D eigenvalue weighted by Gasteiger charge is -2.22. The molecule has 2 unspecified atom stereocenters. The summed E-state index contributed by atoms with van der Waals surface area (Å²) in [5.41, 5.74) is 4.15. The van der Waals surface area contributed by atoms with Crippen molar-refractivity contribution in [2.45, 2.75) is 31.7 Å². The van der Waals surface area contributed by atoms with E-state index in [0.717, 1.165) is 0 Å². The molecule has 62 valence electrons. The number of hydrogen-bond acceptors (Lipinski definition) is 4. The van der Waals surface area contributed by atoms with Gasteiger partial charge in [0.15, 0.2) is 0 Å². The van der Waals surface area contributed by atoms with E-state index in [2.05, 4.69) is 5.32 Å². The molecular weight excluding hydrogens is 132 g/mol. The Bertz CT molecular complexity index is 93.7. The van der Waals surface area contributed by atoms with Crippen LogP contribution in [0.4, 0.5) is 0 Å². The molecule has 0 saturated heterocycles. The van der Waals surface area contributed by atoms with Gasteiger partial charge in [-0.25, -0.2) is 0 Å². The molecule has 0 heterocycles. The maximum atomic E-state index is 9.29. The molecule has 2 atom stereocenters. The number of nitrogens with two attached hydrogens (primary N) is 1. The standard InChI is InChI=1S/C6H16N2O2/c1-6(10,8-2)4-3-5(7)9/h5,8-10H,3-4,7H2,1-2H3. The van der Waals surface area contributed by atoms with E-state index < -0.39 is 12.0 Å². The van der Waals surface area contributed by atoms with E-state index in [1.807, 2.05) is 0 Å². The summed E-state index contributed by atoms with van der Waals surface area (Å²) in [7, 11) is 1.66. The number of rotatable bonds is 4. The Labute approximate surface area is 61.0 Å². The fourth-order valence-corrected chi connectivity index (χ4v) is 0.554. The summed E-state index contributed by atoms with van der Waals surface area (Å²) >= 11 is 0. The highest BCUT2D eigenvalue weighted by molar-refractivity contribution is 4.67. The lowest BCUT2D eigenvalue weighted by atomic mass is 10.1. The van der Waals surface area contributed by atoms with Crippen molar-refractivity contribution in [3.8, 4) is 0 Å². The van der Waals surface area contributed by atoms with Crippen molar-refractivity contribution in [3.63, 3.8) is 0 Å². The fraction of sp³-hybridized carbons (Fsp3) is 1.00. The molecule has 0 rings (SSSR count). The minimum absolute atomic E-state index is 0.397. The molecule has 0 aromatic rings. The van der Waals surface area contributed by atoms with Crippen LogP contribution in [0, 0.1) is 0 Å². The number of hydrogen-bond donors (Lipinski definition) is 4. The Balaban J connectivity index is 3.46. The molecule has 0 amide bonds. The second-order valence-corrected chi connectivity index (χ2v) is 2.63. The van der Waals surface area contributed by atoms with Crippen LogP contribution in [0.25, 0.3) is 0 Å². The largest absolute Gasteiger partial charge is 0.379 e. The molecular formula is C6H16N2O2. The van der Waals surface area contributed by atoms with E-state index >= 15 is 0 Å². The monoisotopic (exact) mass is 148 g/mol. The molecule has 0 aliphatic heterocycles. The third-order valence-electron chi connectivity index (χ3n) is 1.47. The molecule has 0 aromatic heterocycles. The lowest BCUT2D eigenvalue weighted by Crippen LogP contribution is -2.40. The third kappa shape index (κ3) is 4.69. The molecule has 0 spiro atoms. The zero-order valence-corrected chi connectivity index (χ0v) is 6.46. The SMILES string of the molecule is CNC(C)(O)CCC(N)O. The molecule has 0 radical (unpaired) electrons. The zero-order chi connectivity index (χ0) is 8.20. The van der Waals surface area contributed by atoms with Crippen LogP contribution in [0.2, 0.25) is 0 Å². The smallest absolute Gasteiger partial charge is 0.113 e. The van der Waals surface area contributed by atoms with Gasteiger partial charge in [-0.3, -0.25) is 5.32 Å². The Morgan fingerprint density at radius 1 is 1.70 bits per heavy atom. The van der Waals surface area contributed by atoms with E-state index in [9.17, 15) is 5.11 Å². The second kappa shape index (κ2) is 3.88. The summed E-state index contributed by atoms with van der Waals surface area (Å²) in [5, 5.41) is 20.6. The summed E-state index contributed by atoms with van der Waals surface area (Å²) in [6.07, 6.45) is 0.00877. The predicted octanol–water partition coefficient (Wildman–Crippen LogP) is -1.03. The fourth-order valence-electron chi connectivity index (χ4n) is 0.554. The van der Waals surface area contributed by atoms with Gasteiger partial charge in [-0.05, 0) is 26.8 Å². The highest BCUT2D eigenvalue weighted by atomic mass is 16.3. The number of nitrogens with one attached hydrogen (secondary N) is 1. The average molecular weight is 148 g/mol. The van der Waals surface area contributed by atoms with Crippen LogP contribution in [-0.4, -0.2) is 29.2 Å². The normalized spacial score (nSPS) is 20.1. The van der Waals surface area contributed by atoms with Crippen molar-refractivity contribution in [2.24, 2.45) is 5.73 Å². The van der Waals surface area contributed by atoms with Gasteiger partial charge in [0.05, 0.1) is 0 Å². The van der Waals surface area contributed by atoms with Crippen LogP contribution < -0.4 is 11.1 Å². The maximum Gasteiger partial charge on any atom is 0.113 e. The molecule has 4 heteroatoms. The highest BCUT2D eigenvalue weighted by Crippen LogP contribution is 2.07. The first-order chi connectivity index (χ1) is 4.48. The van der Waals surface area contributed by atoms with Gasteiger partial charge in [0.1, 0.15) is 12.0 Å². The highest BCUT2D eigenvalue weighted by Gasteiger charge is 2.17. The summed E-state index contributed by atoms with van der Waals surface area (Å²) in [6, 6.07) is 0. The number of aliphatic hydroxyl groups excluding tert-OH is 1. The molecule has 0 aliphatic carbocycles. The van der Waals surface area contributed by atoms with Crippen molar-refractivity contribution in [3.05, 3.63) is 0 Å². The van der Waals surface area contributed by atoms with Crippen LogP contribution in [0.15, 0.2) is 0 Å². The molecule has 5 N–H and O–H groups in total. The molecule has 0 fully saturated rings. The summed E-state index contributed by atoms with van der Waals surface area (Å²) in [6.45, 7) is 1.63. The summed E-state index contributed by atoms with van der Waals surface area (Å²) in [4.78, 5) is 0. The topological polar surface area (TPSA) is 78.5 Å². The summed E-state index contributed by atoms with van der Waals surface area (Å²) < 4.78 is 0. The van der Waals surface area contributed by atoms with Gasteiger partial charge >= 0.3 is 0 Å². The third-order valence-corrected chi connectivity index (χ3v) is 1.47. The summed E-state index contributed by atoms with van der Waals surface area (Å²) in [5.74, 6) is 0. The second-order valence-electron chi connectivity index (χ2n) is 2.63. The van der Waals surface area contributed by atoms with Crippen LogP contribution in [-0.2, 0) is 0 Å². The molecule has 0 saturated carbocycles. The lowest BCUT2D eigenvalue weighted by molar-refractivity contribution is 0.00902. The van der Waals surface area contributed by atoms with Crippen LogP contribution >= 0.6 is 0 Å². The van der Waals surface area contributed by atoms with E-state index in [1.165, 1.54) is 0 Å². The molecule has 0 aromatic carbocycles. The van der Waals surface area contributed by atoms with Gasteiger partial charge in [-0.15, -0.1) is 0 Å².